The molecule has 0 bridgehead atoms. The molecule has 0 aliphatic heterocycles. The van der Waals surface area contributed by atoms with Crippen molar-refractivity contribution < 1.29 is 23.8 Å². The fraction of sp³-hybridized carbons (Fsp3) is 0.167. The average molecular weight is 238 g/mol. The molecule has 0 atom stereocenters. The molecule has 1 aromatic rings. The number of carbonyl (C=O) groups is 2. The molecule has 17 heavy (non-hydrogen) atoms. The van der Waals surface area contributed by atoms with E-state index in [0.717, 1.165) is 6.07 Å². The molecule has 1 aromatic carbocycles. The minimum atomic E-state index is -1.20. The van der Waals surface area contributed by atoms with Crippen LogP contribution in [0.3, 0.4) is 0 Å². The molecule has 0 radical (unpaired) electrons. The van der Waals surface area contributed by atoms with Gasteiger partial charge in [0, 0.05) is 5.56 Å². The maximum atomic E-state index is 13.4. The number of allylic oxidation sites excluding steroid dienone is 1. The van der Waals surface area contributed by atoms with Crippen LogP contribution < -0.4 is 4.74 Å². The first-order chi connectivity index (χ1) is 7.91. The number of ketones is 1. The second kappa shape index (κ2) is 5.25. The summed E-state index contributed by atoms with van der Waals surface area (Å²) in [5.41, 5.74) is 0.446. The van der Waals surface area contributed by atoms with Gasteiger partial charge in [-0.05, 0) is 30.7 Å². The maximum Gasteiger partial charge on any atom is 0.341 e. The van der Waals surface area contributed by atoms with Gasteiger partial charge in [0.2, 0.25) is 0 Å². The minimum absolute atomic E-state index is 0.151. The summed E-state index contributed by atoms with van der Waals surface area (Å²) in [6, 6.07) is 3.57. The summed E-state index contributed by atoms with van der Waals surface area (Å²) in [5, 5.41) is 8.37. The Bertz CT molecular complexity index is 479. The maximum absolute atomic E-state index is 13.4. The molecule has 0 aliphatic carbocycles. The summed E-state index contributed by atoms with van der Waals surface area (Å²) >= 11 is 0. The van der Waals surface area contributed by atoms with Gasteiger partial charge in [0.25, 0.3) is 0 Å². The smallest absolute Gasteiger partial charge is 0.341 e. The molecule has 0 aromatic heterocycles. The third-order valence-corrected chi connectivity index (χ3v) is 1.93. The van der Waals surface area contributed by atoms with E-state index in [-0.39, 0.29) is 17.1 Å². The second-order valence-corrected chi connectivity index (χ2v) is 3.44. The summed E-state index contributed by atoms with van der Waals surface area (Å²) in [6.07, 6.45) is 0. The standard InChI is InChI=1S/C12H11FO4/c1-7(2)12(16)8-3-4-10(9(13)5-8)17-6-11(14)15/h3-5H,1,6H2,2H3,(H,14,15). The van der Waals surface area contributed by atoms with Crippen LogP contribution in [0.2, 0.25) is 0 Å². The van der Waals surface area contributed by atoms with Crippen molar-refractivity contribution in [3.8, 4) is 5.75 Å². The summed E-state index contributed by atoms with van der Waals surface area (Å²) in [7, 11) is 0. The van der Waals surface area contributed by atoms with Crippen LogP contribution in [0.4, 0.5) is 4.39 Å². The number of carboxylic acids is 1. The minimum Gasteiger partial charge on any atom is -0.479 e. The van der Waals surface area contributed by atoms with Crippen molar-refractivity contribution in [3.63, 3.8) is 0 Å². The van der Waals surface area contributed by atoms with Crippen molar-refractivity contribution in [1.82, 2.24) is 0 Å². The van der Waals surface area contributed by atoms with Crippen LogP contribution in [0.5, 0.6) is 5.75 Å². The zero-order valence-corrected chi connectivity index (χ0v) is 9.20. The number of hydrogen-bond donors (Lipinski definition) is 1. The van der Waals surface area contributed by atoms with Crippen LogP contribution in [-0.2, 0) is 4.79 Å². The summed E-state index contributed by atoms with van der Waals surface area (Å²) in [4.78, 5) is 21.7. The Hall–Kier alpha value is -2.17. The molecule has 0 fully saturated rings. The van der Waals surface area contributed by atoms with Gasteiger partial charge in [0.1, 0.15) is 0 Å². The topological polar surface area (TPSA) is 63.6 Å². The van der Waals surface area contributed by atoms with E-state index in [9.17, 15) is 14.0 Å². The monoisotopic (exact) mass is 238 g/mol. The first kappa shape index (κ1) is 12.9. The van der Waals surface area contributed by atoms with Crippen LogP contribution in [0.15, 0.2) is 30.4 Å². The zero-order chi connectivity index (χ0) is 13.0. The van der Waals surface area contributed by atoms with Gasteiger partial charge >= 0.3 is 5.97 Å². The van der Waals surface area contributed by atoms with Gasteiger partial charge in [-0.1, -0.05) is 6.58 Å². The Morgan fingerprint density at radius 2 is 2.12 bits per heavy atom. The van der Waals surface area contributed by atoms with E-state index >= 15 is 0 Å². The van der Waals surface area contributed by atoms with Crippen molar-refractivity contribution in [2.24, 2.45) is 0 Å². The third-order valence-electron chi connectivity index (χ3n) is 1.93. The molecule has 0 unspecified atom stereocenters. The van der Waals surface area contributed by atoms with Gasteiger partial charge in [0.05, 0.1) is 0 Å². The molecule has 0 saturated carbocycles. The van der Waals surface area contributed by atoms with Crippen molar-refractivity contribution in [2.75, 3.05) is 6.61 Å². The van der Waals surface area contributed by atoms with E-state index in [1.165, 1.54) is 19.1 Å². The Kier molecular flexibility index (Phi) is 3.98. The summed E-state index contributed by atoms with van der Waals surface area (Å²) in [6.45, 7) is 4.35. The number of rotatable bonds is 5. The molecular formula is C12H11FO4. The molecule has 1 rings (SSSR count). The predicted molar refractivity (Wildman–Crippen MR) is 58.7 cm³/mol. The van der Waals surface area contributed by atoms with Crippen LogP contribution in [0.25, 0.3) is 0 Å². The quantitative estimate of drug-likeness (QED) is 0.629. The van der Waals surface area contributed by atoms with Crippen LogP contribution in [0, 0.1) is 5.82 Å². The zero-order valence-electron chi connectivity index (χ0n) is 9.20. The Balaban J connectivity index is 2.90. The lowest BCUT2D eigenvalue weighted by molar-refractivity contribution is -0.139. The largest absolute Gasteiger partial charge is 0.479 e. The number of Topliss-reactive ketones (excluding diaryl/α,β-unsaturated/α-hetero) is 1. The lowest BCUT2D eigenvalue weighted by Gasteiger charge is -2.06. The van der Waals surface area contributed by atoms with E-state index in [2.05, 4.69) is 11.3 Å². The Morgan fingerprint density at radius 1 is 1.47 bits per heavy atom. The number of halogens is 1. The van der Waals surface area contributed by atoms with Gasteiger partial charge in [-0.3, -0.25) is 4.79 Å². The van der Waals surface area contributed by atoms with Crippen molar-refractivity contribution in [3.05, 3.63) is 41.7 Å². The van der Waals surface area contributed by atoms with Gasteiger partial charge in [-0.25, -0.2) is 9.18 Å². The first-order valence-electron chi connectivity index (χ1n) is 4.76. The van der Waals surface area contributed by atoms with Crippen molar-refractivity contribution in [1.29, 1.82) is 0 Å². The average Bonchev–Trinajstić information content (AvgIpc) is 2.26. The van der Waals surface area contributed by atoms with Crippen molar-refractivity contribution in [2.45, 2.75) is 6.92 Å². The van der Waals surface area contributed by atoms with Crippen LogP contribution in [0.1, 0.15) is 17.3 Å². The SMILES string of the molecule is C=C(C)C(=O)c1ccc(OCC(=O)O)c(F)c1. The Morgan fingerprint density at radius 3 is 2.59 bits per heavy atom. The van der Waals surface area contributed by atoms with E-state index in [4.69, 9.17) is 5.11 Å². The van der Waals surface area contributed by atoms with Gasteiger partial charge < -0.3 is 9.84 Å². The van der Waals surface area contributed by atoms with Gasteiger partial charge in [0.15, 0.2) is 24.0 Å². The predicted octanol–water partition coefficient (Wildman–Crippen LogP) is 2.05. The number of aliphatic carboxylic acids is 1. The second-order valence-electron chi connectivity index (χ2n) is 3.44. The van der Waals surface area contributed by atoms with E-state index < -0.39 is 18.4 Å². The molecular weight excluding hydrogens is 227 g/mol. The summed E-state index contributed by atoms with van der Waals surface area (Å²) < 4.78 is 18.1. The molecule has 4 nitrogen and oxygen atoms in total. The molecule has 0 heterocycles. The number of benzene rings is 1. The van der Waals surface area contributed by atoms with Gasteiger partial charge in [-0.15, -0.1) is 0 Å². The fourth-order valence-corrected chi connectivity index (χ4v) is 1.15. The number of hydrogen-bond acceptors (Lipinski definition) is 3. The normalized spacial score (nSPS) is 9.76. The first-order valence-corrected chi connectivity index (χ1v) is 4.76. The number of ether oxygens (including phenoxy) is 1. The molecule has 1 N–H and O–H groups in total. The Labute approximate surface area is 97.3 Å². The molecule has 0 saturated heterocycles. The summed E-state index contributed by atoms with van der Waals surface area (Å²) in [5.74, 6) is -2.55. The highest BCUT2D eigenvalue weighted by atomic mass is 19.1. The lowest BCUT2D eigenvalue weighted by Crippen LogP contribution is -2.10. The van der Waals surface area contributed by atoms with Crippen LogP contribution in [-0.4, -0.2) is 23.5 Å². The molecule has 0 spiro atoms. The highest BCUT2D eigenvalue weighted by Crippen LogP contribution is 2.19. The number of carboxylic acid groups (broad SMARTS) is 1. The highest BCUT2D eigenvalue weighted by Gasteiger charge is 2.11. The van der Waals surface area contributed by atoms with E-state index in [1.807, 2.05) is 0 Å². The molecule has 90 valence electrons. The highest BCUT2D eigenvalue weighted by molar-refractivity contribution is 6.07. The lowest BCUT2D eigenvalue weighted by atomic mass is 10.1. The fourth-order valence-electron chi connectivity index (χ4n) is 1.15. The van der Waals surface area contributed by atoms with E-state index in [1.54, 1.807) is 0 Å². The number of carbonyl (C=O) groups excluding carboxylic acids is 1. The molecule has 0 amide bonds. The molecule has 5 heteroatoms. The van der Waals surface area contributed by atoms with E-state index in [0.29, 0.717) is 5.57 Å². The van der Waals surface area contributed by atoms with Crippen molar-refractivity contribution >= 4 is 11.8 Å². The van der Waals surface area contributed by atoms with Gasteiger partial charge in [-0.2, -0.15) is 0 Å². The third kappa shape index (κ3) is 3.41. The molecule has 0 aliphatic rings. The van der Waals surface area contributed by atoms with Crippen LogP contribution >= 0.6 is 0 Å².